The highest BCUT2D eigenvalue weighted by Gasteiger charge is 2.13. The Kier molecular flexibility index (Phi) is 6.39. The van der Waals surface area contributed by atoms with Gasteiger partial charge in [-0.2, -0.15) is 10.5 Å². The summed E-state index contributed by atoms with van der Waals surface area (Å²) in [6.45, 7) is 2.13. The van der Waals surface area contributed by atoms with Crippen LogP contribution >= 0.6 is 0 Å². The number of hydrogen-bond acceptors (Lipinski definition) is 5. The summed E-state index contributed by atoms with van der Waals surface area (Å²) in [6.07, 6.45) is 2.34. The highest BCUT2D eigenvalue weighted by Crippen LogP contribution is 2.30. The van der Waals surface area contributed by atoms with Gasteiger partial charge in [0.1, 0.15) is 22.8 Å². The van der Waals surface area contributed by atoms with Gasteiger partial charge in [-0.05, 0) is 79.2 Å². The molecule has 1 unspecified atom stereocenters. The molecule has 1 heterocycles. The van der Waals surface area contributed by atoms with E-state index in [1.807, 2.05) is 36.4 Å². The van der Waals surface area contributed by atoms with Crippen molar-refractivity contribution in [3.63, 3.8) is 0 Å². The Morgan fingerprint density at radius 3 is 2.06 bits per heavy atom. The van der Waals surface area contributed by atoms with Gasteiger partial charge in [-0.25, -0.2) is 0 Å². The van der Waals surface area contributed by atoms with E-state index in [9.17, 15) is 0 Å². The number of nitriles is 2. The van der Waals surface area contributed by atoms with Crippen molar-refractivity contribution in [2.45, 2.75) is 32.5 Å². The third kappa shape index (κ3) is 4.91. The van der Waals surface area contributed by atoms with Gasteiger partial charge in [-0.15, -0.1) is 0 Å². The molecule has 5 heteroatoms. The van der Waals surface area contributed by atoms with Gasteiger partial charge in [0.15, 0.2) is 0 Å². The monoisotopic (exact) mass is 422 g/mol. The lowest BCUT2D eigenvalue weighted by Crippen LogP contribution is -2.23. The standard InChI is InChI=1S/C27H22N2O3/c1-2-3-4-27(30-23-11-6-19(17-28)7-12-23)31-24-13-9-21(10-14-24)26-16-22-8-5-20(18-29)15-25(22)32-26/h5-16,27H,2-4H2,1H3. The van der Waals surface area contributed by atoms with E-state index in [1.54, 1.807) is 36.4 Å². The normalized spacial score (nSPS) is 11.5. The number of furan rings is 1. The topological polar surface area (TPSA) is 79.2 Å². The molecule has 3 aromatic carbocycles. The molecule has 158 valence electrons. The lowest BCUT2D eigenvalue weighted by atomic mass is 10.1. The average molecular weight is 422 g/mol. The van der Waals surface area contributed by atoms with Crippen molar-refractivity contribution < 1.29 is 13.9 Å². The number of ether oxygens (including phenoxy) is 2. The molecule has 5 nitrogen and oxygen atoms in total. The molecule has 0 fully saturated rings. The molecule has 0 aliphatic rings. The first kappa shape index (κ1) is 21.0. The van der Waals surface area contributed by atoms with Gasteiger partial charge in [0, 0.05) is 17.4 Å². The van der Waals surface area contributed by atoms with Crippen molar-refractivity contribution in [2.24, 2.45) is 0 Å². The fourth-order valence-corrected chi connectivity index (χ4v) is 3.37. The van der Waals surface area contributed by atoms with Gasteiger partial charge in [-0.3, -0.25) is 0 Å². The summed E-state index contributed by atoms with van der Waals surface area (Å²) < 4.78 is 18.1. The minimum atomic E-state index is -0.427. The Labute approximate surface area is 187 Å². The summed E-state index contributed by atoms with van der Waals surface area (Å²) >= 11 is 0. The summed E-state index contributed by atoms with van der Waals surface area (Å²) in [5, 5.41) is 19.0. The van der Waals surface area contributed by atoms with E-state index < -0.39 is 6.29 Å². The zero-order chi connectivity index (χ0) is 22.3. The largest absolute Gasteiger partial charge is 0.456 e. The quantitative estimate of drug-likeness (QED) is 0.291. The summed E-state index contributed by atoms with van der Waals surface area (Å²) in [7, 11) is 0. The molecular weight excluding hydrogens is 400 g/mol. The Morgan fingerprint density at radius 2 is 1.44 bits per heavy atom. The maximum Gasteiger partial charge on any atom is 0.241 e. The number of unbranched alkanes of at least 4 members (excludes halogenated alkanes) is 1. The molecule has 0 radical (unpaired) electrons. The third-order valence-electron chi connectivity index (χ3n) is 5.10. The summed E-state index contributed by atoms with van der Waals surface area (Å²) in [5.74, 6) is 2.10. The fraction of sp³-hybridized carbons (Fsp3) is 0.185. The van der Waals surface area contributed by atoms with Crippen molar-refractivity contribution >= 4 is 11.0 Å². The zero-order valence-electron chi connectivity index (χ0n) is 17.7. The Morgan fingerprint density at radius 1 is 0.812 bits per heavy atom. The lowest BCUT2D eigenvalue weighted by Gasteiger charge is -2.20. The van der Waals surface area contributed by atoms with Crippen LogP contribution in [0.15, 0.2) is 77.2 Å². The van der Waals surface area contributed by atoms with Crippen LogP contribution in [0.5, 0.6) is 11.5 Å². The minimum Gasteiger partial charge on any atom is -0.456 e. The Balaban J connectivity index is 1.48. The predicted octanol–water partition coefficient (Wildman–Crippen LogP) is 6.82. The van der Waals surface area contributed by atoms with E-state index in [-0.39, 0.29) is 0 Å². The van der Waals surface area contributed by atoms with E-state index >= 15 is 0 Å². The van der Waals surface area contributed by atoms with Crippen LogP contribution in [-0.4, -0.2) is 6.29 Å². The number of nitrogens with zero attached hydrogens (tertiary/aromatic N) is 2. The van der Waals surface area contributed by atoms with Crippen LogP contribution in [0.25, 0.3) is 22.3 Å². The van der Waals surface area contributed by atoms with Crippen LogP contribution in [0.4, 0.5) is 0 Å². The minimum absolute atomic E-state index is 0.427. The molecule has 32 heavy (non-hydrogen) atoms. The van der Waals surface area contributed by atoms with Crippen LogP contribution in [0.3, 0.4) is 0 Å². The van der Waals surface area contributed by atoms with Crippen molar-refractivity contribution in [3.05, 3.63) is 83.9 Å². The first-order chi connectivity index (χ1) is 15.7. The van der Waals surface area contributed by atoms with Crippen molar-refractivity contribution in [1.29, 1.82) is 10.5 Å². The molecule has 0 aliphatic carbocycles. The lowest BCUT2D eigenvalue weighted by molar-refractivity contribution is -0.00211. The molecule has 1 atom stereocenters. The van der Waals surface area contributed by atoms with E-state index in [1.165, 1.54) is 0 Å². The molecule has 0 N–H and O–H groups in total. The molecule has 4 rings (SSSR count). The van der Waals surface area contributed by atoms with Crippen LogP contribution in [0.1, 0.15) is 37.3 Å². The third-order valence-corrected chi connectivity index (χ3v) is 5.10. The molecule has 0 aliphatic heterocycles. The first-order valence-electron chi connectivity index (χ1n) is 10.6. The van der Waals surface area contributed by atoms with Crippen molar-refractivity contribution in [1.82, 2.24) is 0 Å². The van der Waals surface area contributed by atoms with E-state index in [0.29, 0.717) is 28.2 Å². The molecule has 4 aromatic rings. The molecular formula is C27H22N2O3. The second-order valence-corrected chi connectivity index (χ2v) is 7.44. The summed E-state index contributed by atoms with van der Waals surface area (Å²) in [5.41, 5.74) is 2.77. The SMILES string of the molecule is CCCCC(Oc1ccc(C#N)cc1)Oc1ccc(-c2cc3ccc(C#N)cc3o2)cc1. The van der Waals surface area contributed by atoms with Crippen LogP contribution in [-0.2, 0) is 0 Å². The van der Waals surface area contributed by atoms with Gasteiger partial charge in [0.05, 0.1) is 23.3 Å². The van der Waals surface area contributed by atoms with Gasteiger partial charge >= 0.3 is 0 Å². The van der Waals surface area contributed by atoms with Crippen molar-refractivity contribution in [2.75, 3.05) is 0 Å². The summed E-state index contributed by atoms with van der Waals surface area (Å²) in [4.78, 5) is 0. The molecule has 0 spiro atoms. The first-order valence-corrected chi connectivity index (χ1v) is 10.6. The maximum absolute atomic E-state index is 9.07. The molecule has 0 saturated heterocycles. The Hall–Kier alpha value is -4.22. The average Bonchev–Trinajstić information content (AvgIpc) is 3.26. The Bertz CT molecular complexity index is 1280. The summed E-state index contributed by atoms with van der Waals surface area (Å²) in [6, 6.07) is 26.3. The zero-order valence-corrected chi connectivity index (χ0v) is 17.7. The fourth-order valence-electron chi connectivity index (χ4n) is 3.37. The number of hydrogen-bond donors (Lipinski definition) is 0. The van der Waals surface area contributed by atoms with Crippen molar-refractivity contribution in [3.8, 4) is 35.0 Å². The molecule has 0 bridgehead atoms. The number of rotatable bonds is 8. The van der Waals surface area contributed by atoms with Crippen LogP contribution in [0, 0.1) is 22.7 Å². The van der Waals surface area contributed by atoms with Gasteiger partial charge < -0.3 is 13.9 Å². The van der Waals surface area contributed by atoms with Crippen LogP contribution in [0.2, 0.25) is 0 Å². The van der Waals surface area contributed by atoms with E-state index in [0.717, 1.165) is 36.0 Å². The maximum atomic E-state index is 9.07. The highest BCUT2D eigenvalue weighted by molar-refractivity contribution is 5.83. The second kappa shape index (κ2) is 9.73. The van der Waals surface area contributed by atoms with Crippen LogP contribution < -0.4 is 9.47 Å². The van der Waals surface area contributed by atoms with Gasteiger partial charge in [-0.1, -0.05) is 13.3 Å². The number of benzene rings is 3. The number of fused-ring (bicyclic) bond motifs is 1. The molecule has 1 aromatic heterocycles. The van der Waals surface area contributed by atoms with E-state index in [2.05, 4.69) is 19.1 Å². The predicted molar refractivity (Wildman–Crippen MR) is 122 cm³/mol. The van der Waals surface area contributed by atoms with Gasteiger partial charge in [0.25, 0.3) is 0 Å². The van der Waals surface area contributed by atoms with E-state index in [4.69, 9.17) is 24.4 Å². The highest BCUT2D eigenvalue weighted by atomic mass is 16.7. The molecule has 0 amide bonds. The molecule has 0 saturated carbocycles. The second-order valence-electron chi connectivity index (χ2n) is 7.44. The smallest absolute Gasteiger partial charge is 0.241 e. The van der Waals surface area contributed by atoms with Gasteiger partial charge in [0.2, 0.25) is 6.29 Å².